The van der Waals surface area contributed by atoms with Crippen molar-refractivity contribution in [2.75, 3.05) is 13.7 Å². The highest BCUT2D eigenvalue weighted by atomic mass is 16.6. The van der Waals surface area contributed by atoms with Gasteiger partial charge in [-0.25, -0.2) is 9.59 Å². The van der Waals surface area contributed by atoms with Crippen LogP contribution in [0.25, 0.3) is 0 Å². The van der Waals surface area contributed by atoms with E-state index in [4.69, 9.17) is 20.6 Å². The van der Waals surface area contributed by atoms with E-state index < -0.39 is 29.4 Å². The number of cyclic esters (lactones) is 1. The number of terminal acetylenes is 1. The van der Waals surface area contributed by atoms with Crippen molar-refractivity contribution in [3.63, 3.8) is 0 Å². The first kappa shape index (κ1) is 21.1. The summed E-state index contributed by atoms with van der Waals surface area (Å²) in [7, 11) is 1.28. The number of benzene rings is 2. The summed E-state index contributed by atoms with van der Waals surface area (Å²) in [6.45, 7) is 3.43. The molecule has 1 saturated heterocycles. The molecule has 30 heavy (non-hydrogen) atoms. The number of carbonyl (C=O) groups is 3. The fraction of sp³-hybridized carbons (Fsp3) is 0.292. The number of carbonyl (C=O) groups excluding carboxylic acids is 3. The van der Waals surface area contributed by atoms with Crippen LogP contribution >= 0.6 is 0 Å². The molecule has 0 aliphatic carbocycles. The number of esters is 3. The lowest BCUT2D eigenvalue weighted by Gasteiger charge is -2.29. The quantitative estimate of drug-likeness (QED) is 0.430. The molecular formula is C24H22O6. The molecule has 0 radical (unpaired) electrons. The van der Waals surface area contributed by atoms with Gasteiger partial charge in [0.1, 0.15) is 6.61 Å². The molecule has 1 aliphatic rings. The number of methoxy groups -OCH3 is 1. The molecule has 6 nitrogen and oxygen atoms in total. The number of hydrogen-bond acceptors (Lipinski definition) is 6. The minimum atomic E-state index is -1.52. The monoisotopic (exact) mass is 406 g/mol. The Morgan fingerprint density at radius 2 is 1.80 bits per heavy atom. The molecule has 6 heteroatoms. The van der Waals surface area contributed by atoms with Crippen LogP contribution in [-0.4, -0.2) is 37.2 Å². The van der Waals surface area contributed by atoms with Gasteiger partial charge in [-0.3, -0.25) is 4.79 Å². The SMILES string of the molecule is C#CC1(COC(=O)c2ccc(C)cc2)OC(=O)CC1c1cc(C)ccc1C(=O)OC. The van der Waals surface area contributed by atoms with Crippen molar-refractivity contribution in [3.8, 4) is 12.3 Å². The molecule has 0 bridgehead atoms. The van der Waals surface area contributed by atoms with Crippen molar-refractivity contribution >= 4 is 17.9 Å². The second-order valence-corrected chi connectivity index (χ2v) is 7.29. The van der Waals surface area contributed by atoms with E-state index in [1.54, 1.807) is 42.5 Å². The third kappa shape index (κ3) is 4.06. The van der Waals surface area contributed by atoms with Gasteiger partial charge in [0.2, 0.25) is 5.60 Å². The Morgan fingerprint density at radius 3 is 2.43 bits per heavy atom. The van der Waals surface area contributed by atoms with Gasteiger partial charge >= 0.3 is 17.9 Å². The summed E-state index contributed by atoms with van der Waals surface area (Å²) in [5, 5.41) is 0. The van der Waals surface area contributed by atoms with Gasteiger partial charge in [-0.1, -0.05) is 41.3 Å². The van der Waals surface area contributed by atoms with Crippen molar-refractivity contribution in [2.24, 2.45) is 0 Å². The summed E-state index contributed by atoms with van der Waals surface area (Å²) < 4.78 is 15.8. The molecule has 3 rings (SSSR count). The number of ether oxygens (including phenoxy) is 3. The third-order valence-electron chi connectivity index (χ3n) is 5.17. The molecule has 2 aromatic carbocycles. The first-order chi connectivity index (χ1) is 14.3. The summed E-state index contributed by atoms with van der Waals surface area (Å²) in [5.41, 5.74) is 1.53. The molecule has 154 valence electrons. The zero-order valence-electron chi connectivity index (χ0n) is 17.1. The molecule has 0 saturated carbocycles. The number of aryl methyl sites for hydroxylation is 2. The largest absolute Gasteiger partial charge is 0.465 e. The lowest BCUT2D eigenvalue weighted by molar-refractivity contribution is -0.147. The Balaban J connectivity index is 1.93. The fourth-order valence-corrected chi connectivity index (χ4v) is 3.52. The first-order valence-electron chi connectivity index (χ1n) is 9.42. The van der Waals surface area contributed by atoms with Gasteiger partial charge in [0.25, 0.3) is 0 Å². The first-order valence-corrected chi connectivity index (χ1v) is 9.42. The summed E-state index contributed by atoms with van der Waals surface area (Å²) in [4.78, 5) is 37.0. The lowest BCUT2D eigenvalue weighted by Crippen LogP contribution is -2.39. The van der Waals surface area contributed by atoms with Crippen LogP contribution in [0.2, 0.25) is 0 Å². The van der Waals surface area contributed by atoms with Crippen LogP contribution in [0.15, 0.2) is 42.5 Å². The second kappa shape index (κ2) is 8.42. The topological polar surface area (TPSA) is 78.9 Å². The van der Waals surface area contributed by atoms with E-state index in [0.717, 1.165) is 11.1 Å². The van der Waals surface area contributed by atoms with E-state index in [2.05, 4.69) is 5.92 Å². The highest BCUT2D eigenvalue weighted by molar-refractivity contribution is 5.92. The molecule has 2 atom stereocenters. The van der Waals surface area contributed by atoms with Crippen LogP contribution in [0.4, 0.5) is 0 Å². The summed E-state index contributed by atoms with van der Waals surface area (Å²) in [5.74, 6) is 0.177. The Morgan fingerprint density at radius 1 is 1.13 bits per heavy atom. The van der Waals surface area contributed by atoms with Crippen LogP contribution in [0.5, 0.6) is 0 Å². The predicted molar refractivity (Wildman–Crippen MR) is 109 cm³/mol. The average molecular weight is 406 g/mol. The highest BCUT2D eigenvalue weighted by Gasteiger charge is 2.51. The van der Waals surface area contributed by atoms with Gasteiger partial charge in [0.05, 0.1) is 30.6 Å². The molecule has 1 fully saturated rings. The maximum atomic E-state index is 12.5. The van der Waals surface area contributed by atoms with E-state index in [1.165, 1.54) is 7.11 Å². The molecule has 1 heterocycles. The molecule has 0 N–H and O–H groups in total. The standard InChI is InChI=1S/C24H22O6/c1-5-24(14-29-22(26)17-9-6-15(2)7-10-17)20(13-21(25)30-24)19-12-16(3)8-11-18(19)23(27)28-4/h1,6-12,20H,13-14H2,2-4H3. The molecule has 0 aromatic heterocycles. The molecule has 2 unspecified atom stereocenters. The van der Waals surface area contributed by atoms with Crippen molar-refractivity contribution in [3.05, 3.63) is 70.3 Å². The normalized spacial score (nSPS) is 20.2. The smallest absolute Gasteiger partial charge is 0.338 e. The van der Waals surface area contributed by atoms with Crippen LogP contribution in [0.1, 0.15) is 49.7 Å². The minimum Gasteiger partial charge on any atom is -0.465 e. The van der Waals surface area contributed by atoms with Crippen molar-refractivity contribution in [1.29, 1.82) is 0 Å². The fourth-order valence-electron chi connectivity index (χ4n) is 3.52. The Labute approximate surface area is 175 Å². The van der Waals surface area contributed by atoms with Crippen molar-refractivity contribution < 1.29 is 28.6 Å². The van der Waals surface area contributed by atoms with Gasteiger partial charge in [-0.15, -0.1) is 6.42 Å². The van der Waals surface area contributed by atoms with Crippen molar-refractivity contribution in [1.82, 2.24) is 0 Å². The minimum absolute atomic E-state index is 0.0419. The molecule has 2 aromatic rings. The van der Waals surface area contributed by atoms with E-state index >= 15 is 0 Å². The van der Waals surface area contributed by atoms with E-state index in [1.807, 2.05) is 13.8 Å². The van der Waals surface area contributed by atoms with Crippen LogP contribution < -0.4 is 0 Å². The van der Waals surface area contributed by atoms with Crippen LogP contribution in [0, 0.1) is 26.2 Å². The van der Waals surface area contributed by atoms with Gasteiger partial charge in [-0.05, 0) is 37.6 Å². The third-order valence-corrected chi connectivity index (χ3v) is 5.17. The van der Waals surface area contributed by atoms with Gasteiger partial charge in [0, 0.05) is 0 Å². The zero-order chi connectivity index (χ0) is 21.9. The maximum Gasteiger partial charge on any atom is 0.338 e. The summed E-state index contributed by atoms with van der Waals surface area (Å²) >= 11 is 0. The molecule has 0 spiro atoms. The van der Waals surface area contributed by atoms with E-state index in [9.17, 15) is 14.4 Å². The average Bonchev–Trinajstić information content (AvgIpc) is 3.08. The Bertz CT molecular complexity index is 1030. The summed E-state index contributed by atoms with van der Waals surface area (Å²) in [6.07, 6.45) is 5.72. The van der Waals surface area contributed by atoms with Crippen LogP contribution in [0.3, 0.4) is 0 Å². The van der Waals surface area contributed by atoms with Gasteiger partial charge in [0.15, 0.2) is 0 Å². The molecule has 1 aliphatic heterocycles. The predicted octanol–water partition coefficient (Wildman–Crippen LogP) is 3.35. The van der Waals surface area contributed by atoms with Gasteiger partial charge < -0.3 is 14.2 Å². The highest BCUT2D eigenvalue weighted by Crippen LogP contribution is 2.42. The molecule has 0 amide bonds. The van der Waals surface area contributed by atoms with Crippen LogP contribution in [-0.2, 0) is 19.0 Å². The molecular weight excluding hydrogens is 384 g/mol. The maximum absolute atomic E-state index is 12.5. The lowest BCUT2D eigenvalue weighted by atomic mass is 9.80. The number of hydrogen-bond donors (Lipinski definition) is 0. The van der Waals surface area contributed by atoms with E-state index in [-0.39, 0.29) is 18.6 Å². The van der Waals surface area contributed by atoms with Gasteiger partial charge in [-0.2, -0.15) is 0 Å². The van der Waals surface area contributed by atoms with Crippen molar-refractivity contribution in [2.45, 2.75) is 31.8 Å². The number of rotatable bonds is 5. The Hall–Kier alpha value is -3.59. The Kier molecular flexibility index (Phi) is 5.93. The van der Waals surface area contributed by atoms with E-state index in [0.29, 0.717) is 11.1 Å². The summed E-state index contributed by atoms with van der Waals surface area (Å²) in [6, 6.07) is 12.0. The zero-order valence-corrected chi connectivity index (χ0v) is 17.1. The second-order valence-electron chi connectivity index (χ2n) is 7.29.